The number of hydrogen-bond acceptors (Lipinski definition) is 6. The van der Waals surface area contributed by atoms with Crippen LogP contribution in [0.25, 0.3) is 5.76 Å². The van der Waals surface area contributed by atoms with E-state index < -0.39 is 17.7 Å². The SMILES string of the molecule is CCCCOc1ccc(/C(O)=C2\C(=O)C(=O)N(Cc3cccnc3)C2c2cccc(Oc3ccccc3)c2)c(C)c1. The molecule has 208 valence electrons. The number of para-hydroxylation sites is 1. The zero-order chi connectivity index (χ0) is 28.8. The molecule has 1 N–H and O–H groups in total. The van der Waals surface area contributed by atoms with Gasteiger partial charge in [0.2, 0.25) is 0 Å². The number of likely N-dealkylation sites (tertiary alicyclic amines) is 1. The second-order valence-corrected chi connectivity index (χ2v) is 9.95. The number of Topliss-reactive ketones (excluding diaryl/α,β-unsaturated/α-hetero) is 1. The van der Waals surface area contributed by atoms with Crippen molar-refractivity contribution in [2.45, 2.75) is 39.3 Å². The predicted molar refractivity (Wildman–Crippen MR) is 157 cm³/mol. The van der Waals surface area contributed by atoms with E-state index in [0.717, 1.165) is 24.0 Å². The van der Waals surface area contributed by atoms with E-state index in [1.165, 1.54) is 4.90 Å². The maximum absolute atomic E-state index is 13.6. The highest BCUT2D eigenvalue weighted by atomic mass is 16.5. The molecule has 1 amide bonds. The van der Waals surface area contributed by atoms with Crippen molar-refractivity contribution in [1.82, 2.24) is 9.88 Å². The van der Waals surface area contributed by atoms with Gasteiger partial charge in [0, 0.05) is 24.5 Å². The lowest BCUT2D eigenvalue weighted by molar-refractivity contribution is -0.140. The van der Waals surface area contributed by atoms with Crippen LogP contribution in [0.3, 0.4) is 0 Å². The van der Waals surface area contributed by atoms with Crippen LogP contribution in [0.5, 0.6) is 17.2 Å². The number of aryl methyl sites for hydroxylation is 1. The summed E-state index contributed by atoms with van der Waals surface area (Å²) in [7, 11) is 0. The number of unbranched alkanes of at least 4 members (excludes halogenated alkanes) is 1. The van der Waals surface area contributed by atoms with E-state index in [4.69, 9.17) is 9.47 Å². The van der Waals surface area contributed by atoms with Gasteiger partial charge in [-0.25, -0.2) is 0 Å². The minimum absolute atomic E-state index is 0.0264. The molecule has 1 saturated heterocycles. The van der Waals surface area contributed by atoms with Crippen LogP contribution >= 0.6 is 0 Å². The van der Waals surface area contributed by atoms with Crippen molar-refractivity contribution in [1.29, 1.82) is 0 Å². The summed E-state index contributed by atoms with van der Waals surface area (Å²) >= 11 is 0. The number of hydrogen-bond donors (Lipinski definition) is 1. The summed E-state index contributed by atoms with van der Waals surface area (Å²) in [6.07, 6.45) is 5.27. The number of ether oxygens (including phenoxy) is 2. The third kappa shape index (κ3) is 6.14. The van der Waals surface area contributed by atoms with Gasteiger partial charge in [-0.05, 0) is 78.6 Å². The van der Waals surface area contributed by atoms with Gasteiger partial charge in [0.05, 0.1) is 18.2 Å². The molecule has 0 radical (unpaired) electrons. The largest absolute Gasteiger partial charge is 0.507 e. The average molecular weight is 549 g/mol. The molecule has 0 bridgehead atoms. The van der Waals surface area contributed by atoms with Gasteiger partial charge in [0.25, 0.3) is 11.7 Å². The van der Waals surface area contributed by atoms with Gasteiger partial charge in [-0.2, -0.15) is 0 Å². The Morgan fingerprint density at radius 2 is 1.73 bits per heavy atom. The Morgan fingerprint density at radius 1 is 0.927 bits per heavy atom. The number of amides is 1. The Labute approximate surface area is 239 Å². The molecule has 7 heteroatoms. The smallest absolute Gasteiger partial charge is 0.295 e. The van der Waals surface area contributed by atoms with Crippen molar-refractivity contribution in [3.8, 4) is 17.2 Å². The molecule has 1 aliphatic heterocycles. The maximum Gasteiger partial charge on any atom is 0.295 e. The first-order valence-corrected chi connectivity index (χ1v) is 13.7. The number of pyridine rings is 1. The Balaban J connectivity index is 1.57. The molecule has 2 heterocycles. The van der Waals surface area contributed by atoms with Gasteiger partial charge in [-0.3, -0.25) is 14.6 Å². The fourth-order valence-electron chi connectivity index (χ4n) is 4.92. The number of rotatable bonds is 10. The lowest BCUT2D eigenvalue weighted by atomic mass is 9.93. The molecule has 0 spiro atoms. The van der Waals surface area contributed by atoms with E-state index in [0.29, 0.717) is 35.0 Å². The van der Waals surface area contributed by atoms with Gasteiger partial charge < -0.3 is 19.5 Å². The summed E-state index contributed by atoms with van der Waals surface area (Å²) in [5.74, 6) is 0.234. The number of benzene rings is 3. The minimum Gasteiger partial charge on any atom is -0.507 e. The second-order valence-electron chi connectivity index (χ2n) is 9.95. The van der Waals surface area contributed by atoms with E-state index in [-0.39, 0.29) is 17.9 Å². The van der Waals surface area contributed by atoms with Gasteiger partial charge >= 0.3 is 0 Å². The van der Waals surface area contributed by atoms with Crippen LogP contribution in [0.2, 0.25) is 0 Å². The van der Waals surface area contributed by atoms with Crippen molar-refractivity contribution >= 4 is 17.4 Å². The van der Waals surface area contributed by atoms with E-state index in [1.807, 2.05) is 67.6 Å². The highest BCUT2D eigenvalue weighted by Gasteiger charge is 2.46. The number of aromatic nitrogens is 1. The standard InChI is InChI=1S/C34H32N2O5/c1-3-4-18-40-27-15-16-29(23(2)19-27)32(37)30-31(36(34(39)33(30)38)22-24-10-9-17-35-21-24)25-11-8-14-28(20-25)41-26-12-6-5-7-13-26/h5-17,19-21,31,37H,3-4,18,22H2,1-2H3/b32-30+. The predicted octanol–water partition coefficient (Wildman–Crippen LogP) is 6.98. The van der Waals surface area contributed by atoms with Crippen LogP contribution in [0, 0.1) is 6.92 Å². The Morgan fingerprint density at radius 3 is 2.46 bits per heavy atom. The highest BCUT2D eigenvalue weighted by molar-refractivity contribution is 6.46. The Kier molecular flexibility index (Phi) is 8.44. The molecule has 0 saturated carbocycles. The van der Waals surface area contributed by atoms with Crippen LogP contribution < -0.4 is 9.47 Å². The van der Waals surface area contributed by atoms with Gasteiger partial charge in [-0.15, -0.1) is 0 Å². The first kappa shape index (κ1) is 27.6. The molecule has 3 aromatic carbocycles. The molecule has 7 nitrogen and oxygen atoms in total. The number of nitrogens with zero attached hydrogens (tertiary/aromatic N) is 2. The third-order valence-electron chi connectivity index (χ3n) is 6.99. The monoisotopic (exact) mass is 548 g/mol. The maximum atomic E-state index is 13.6. The molecule has 1 atom stereocenters. The van der Waals surface area contributed by atoms with Crippen LogP contribution in [0.4, 0.5) is 0 Å². The zero-order valence-corrected chi connectivity index (χ0v) is 23.1. The lowest BCUT2D eigenvalue weighted by Gasteiger charge is -2.26. The number of carbonyl (C=O) groups is 2. The topological polar surface area (TPSA) is 89.0 Å². The molecular weight excluding hydrogens is 516 g/mol. The first-order chi connectivity index (χ1) is 20.0. The Bertz CT molecular complexity index is 1570. The summed E-state index contributed by atoms with van der Waals surface area (Å²) in [6.45, 7) is 4.69. The molecular formula is C34H32N2O5. The fourth-order valence-corrected chi connectivity index (χ4v) is 4.92. The van der Waals surface area contributed by atoms with Crippen LogP contribution in [-0.4, -0.2) is 33.3 Å². The first-order valence-electron chi connectivity index (χ1n) is 13.7. The normalized spacial score (nSPS) is 16.1. The summed E-state index contributed by atoms with van der Waals surface area (Å²) in [6, 6.07) is 24.7. The third-order valence-corrected chi connectivity index (χ3v) is 6.99. The molecule has 1 unspecified atom stereocenters. The summed E-state index contributed by atoms with van der Waals surface area (Å²) in [5.41, 5.74) is 2.63. The van der Waals surface area contributed by atoms with Gasteiger partial charge in [0.1, 0.15) is 23.0 Å². The second kappa shape index (κ2) is 12.5. The number of aliphatic hydroxyl groups is 1. The van der Waals surface area contributed by atoms with Crippen molar-refractivity contribution in [3.05, 3.63) is 125 Å². The molecule has 1 aromatic heterocycles. The summed E-state index contributed by atoms with van der Waals surface area (Å²) in [4.78, 5) is 32.7. The molecule has 1 aliphatic rings. The molecule has 5 rings (SSSR count). The van der Waals surface area contributed by atoms with E-state index in [1.54, 1.807) is 36.7 Å². The van der Waals surface area contributed by atoms with E-state index >= 15 is 0 Å². The van der Waals surface area contributed by atoms with E-state index in [2.05, 4.69) is 11.9 Å². The Hall–Kier alpha value is -4.91. The highest BCUT2D eigenvalue weighted by Crippen LogP contribution is 2.42. The molecule has 41 heavy (non-hydrogen) atoms. The average Bonchev–Trinajstić information content (AvgIpc) is 3.23. The van der Waals surface area contributed by atoms with Crippen molar-refractivity contribution in [2.75, 3.05) is 6.61 Å². The zero-order valence-electron chi connectivity index (χ0n) is 23.1. The van der Waals surface area contributed by atoms with Crippen LogP contribution in [-0.2, 0) is 16.1 Å². The fraction of sp³-hybridized carbons (Fsp3) is 0.206. The van der Waals surface area contributed by atoms with Gasteiger partial charge in [0.15, 0.2) is 0 Å². The quantitative estimate of drug-likeness (QED) is 0.0995. The lowest BCUT2D eigenvalue weighted by Crippen LogP contribution is -2.29. The van der Waals surface area contributed by atoms with Crippen molar-refractivity contribution in [2.24, 2.45) is 0 Å². The summed E-state index contributed by atoms with van der Waals surface area (Å²) in [5, 5.41) is 11.6. The number of aliphatic hydroxyl groups excluding tert-OH is 1. The van der Waals surface area contributed by atoms with Crippen LogP contribution in [0.15, 0.2) is 103 Å². The molecule has 4 aromatic rings. The molecule has 1 fully saturated rings. The molecule has 0 aliphatic carbocycles. The number of ketones is 1. The summed E-state index contributed by atoms with van der Waals surface area (Å²) < 4.78 is 11.9. The van der Waals surface area contributed by atoms with Gasteiger partial charge in [-0.1, -0.05) is 49.7 Å². The van der Waals surface area contributed by atoms with Crippen molar-refractivity contribution in [3.63, 3.8) is 0 Å². The number of carbonyl (C=O) groups excluding carboxylic acids is 2. The minimum atomic E-state index is -0.839. The van der Waals surface area contributed by atoms with E-state index in [9.17, 15) is 14.7 Å². The van der Waals surface area contributed by atoms with Crippen molar-refractivity contribution < 1.29 is 24.2 Å². The van der Waals surface area contributed by atoms with Crippen LogP contribution in [0.1, 0.15) is 48.1 Å².